The van der Waals surface area contributed by atoms with Gasteiger partial charge in [-0.05, 0) is 50.8 Å². The van der Waals surface area contributed by atoms with Crippen LogP contribution in [0, 0.1) is 18.8 Å². The molecule has 1 aromatic carbocycles. The van der Waals surface area contributed by atoms with E-state index in [1.54, 1.807) is 22.7 Å². The van der Waals surface area contributed by atoms with Gasteiger partial charge in [0.05, 0.1) is 27.9 Å². The van der Waals surface area contributed by atoms with Crippen LogP contribution in [0.3, 0.4) is 0 Å². The van der Waals surface area contributed by atoms with E-state index in [0.717, 1.165) is 24.2 Å². The predicted octanol–water partition coefficient (Wildman–Crippen LogP) is 2.21. The Balaban J connectivity index is 1.49. The van der Waals surface area contributed by atoms with Crippen LogP contribution in [0.5, 0.6) is 0 Å². The molecule has 3 aliphatic heterocycles. The number of aromatic nitrogens is 3. The standard InChI is InChI=1S/C22H26Cl2N6O2/c1-10-19-12(4-6-25-19)15(21(31)26-10)9-30-7-5-13-16(23)8-14(18(24)17(13)22(30)32)20-11(2)27-28-29(20)3/h8,10,12,15,19,25H,4-7,9H2,1-3H3,(H,26,31). The summed E-state index contributed by atoms with van der Waals surface area (Å²) in [5, 5.41) is 15.6. The average Bonchev–Trinajstić information content (AvgIpc) is 3.36. The molecule has 0 saturated carbocycles. The van der Waals surface area contributed by atoms with E-state index in [9.17, 15) is 9.59 Å². The minimum Gasteiger partial charge on any atom is -0.352 e. The highest BCUT2D eigenvalue weighted by molar-refractivity contribution is 6.39. The van der Waals surface area contributed by atoms with Crippen LogP contribution in [0.25, 0.3) is 11.3 Å². The van der Waals surface area contributed by atoms with Crippen molar-refractivity contribution >= 4 is 35.0 Å². The summed E-state index contributed by atoms with van der Waals surface area (Å²) in [6.07, 6.45) is 1.54. The molecule has 170 valence electrons. The smallest absolute Gasteiger partial charge is 0.255 e. The number of hydrogen-bond acceptors (Lipinski definition) is 5. The first-order valence-electron chi connectivity index (χ1n) is 11.0. The summed E-state index contributed by atoms with van der Waals surface area (Å²) < 4.78 is 1.63. The Hall–Kier alpha value is -2.16. The number of hydrogen-bond donors (Lipinski definition) is 2. The van der Waals surface area contributed by atoms with E-state index >= 15 is 0 Å². The van der Waals surface area contributed by atoms with Gasteiger partial charge in [-0.2, -0.15) is 0 Å². The number of nitrogens with one attached hydrogen (secondary N) is 2. The molecule has 2 fully saturated rings. The Morgan fingerprint density at radius 3 is 2.78 bits per heavy atom. The number of halogens is 2. The van der Waals surface area contributed by atoms with Crippen molar-refractivity contribution in [2.24, 2.45) is 18.9 Å². The maximum Gasteiger partial charge on any atom is 0.255 e. The third-order valence-electron chi connectivity index (χ3n) is 7.20. The van der Waals surface area contributed by atoms with Gasteiger partial charge in [-0.1, -0.05) is 28.4 Å². The van der Waals surface area contributed by atoms with Gasteiger partial charge in [-0.3, -0.25) is 9.59 Å². The summed E-state index contributed by atoms with van der Waals surface area (Å²) in [5.74, 6) is -0.170. The Bertz CT molecular complexity index is 1100. The summed E-state index contributed by atoms with van der Waals surface area (Å²) in [6, 6.07) is 2.13. The SMILES string of the molecule is Cc1nnn(C)c1-c1cc(Cl)c2c(c1Cl)C(=O)N(CC1C(=O)NC(C)C3NCCC13)CC2. The molecule has 1 aromatic heterocycles. The molecule has 3 aliphatic rings. The lowest BCUT2D eigenvalue weighted by Crippen LogP contribution is -2.60. The minimum absolute atomic E-state index is 0.0236. The summed E-state index contributed by atoms with van der Waals surface area (Å²) in [4.78, 5) is 28.2. The molecule has 0 radical (unpaired) electrons. The number of fused-ring (bicyclic) bond motifs is 2. The number of carbonyl (C=O) groups excluding carboxylic acids is 2. The second kappa shape index (κ2) is 8.01. The van der Waals surface area contributed by atoms with Gasteiger partial charge in [-0.25, -0.2) is 4.68 Å². The number of rotatable bonds is 3. The molecule has 2 saturated heterocycles. The number of benzene rings is 1. The van der Waals surface area contributed by atoms with Crippen molar-refractivity contribution in [1.29, 1.82) is 0 Å². The fourth-order valence-corrected chi connectivity index (χ4v) is 6.27. The lowest BCUT2D eigenvalue weighted by molar-refractivity contribution is -0.131. The predicted molar refractivity (Wildman–Crippen MR) is 122 cm³/mol. The molecule has 5 rings (SSSR count). The first-order valence-corrected chi connectivity index (χ1v) is 11.7. The van der Waals surface area contributed by atoms with Crippen LogP contribution in [-0.4, -0.2) is 63.4 Å². The van der Waals surface area contributed by atoms with Crippen LogP contribution < -0.4 is 10.6 Å². The first kappa shape index (κ1) is 21.7. The molecule has 4 heterocycles. The van der Waals surface area contributed by atoms with Gasteiger partial charge in [0.15, 0.2) is 0 Å². The molecule has 32 heavy (non-hydrogen) atoms. The Morgan fingerprint density at radius 1 is 1.28 bits per heavy atom. The topological polar surface area (TPSA) is 92.2 Å². The van der Waals surface area contributed by atoms with Gasteiger partial charge in [-0.15, -0.1) is 5.10 Å². The van der Waals surface area contributed by atoms with Crippen molar-refractivity contribution in [3.63, 3.8) is 0 Å². The van der Waals surface area contributed by atoms with Crippen LogP contribution >= 0.6 is 23.2 Å². The van der Waals surface area contributed by atoms with Crippen molar-refractivity contribution in [1.82, 2.24) is 30.5 Å². The highest BCUT2D eigenvalue weighted by atomic mass is 35.5. The fourth-order valence-electron chi connectivity index (χ4n) is 5.63. The summed E-state index contributed by atoms with van der Waals surface area (Å²) in [6.45, 7) is 5.66. The fraction of sp³-hybridized carbons (Fsp3) is 0.545. The van der Waals surface area contributed by atoms with E-state index in [1.807, 2.05) is 13.8 Å². The average molecular weight is 477 g/mol. The number of piperidine rings is 1. The van der Waals surface area contributed by atoms with Crippen LogP contribution in [0.4, 0.5) is 0 Å². The maximum absolute atomic E-state index is 13.6. The lowest BCUT2D eigenvalue weighted by Gasteiger charge is -2.41. The molecular formula is C22H26Cl2N6O2. The summed E-state index contributed by atoms with van der Waals surface area (Å²) >= 11 is 13.4. The molecule has 10 heteroatoms. The molecular weight excluding hydrogens is 451 g/mol. The van der Waals surface area contributed by atoms with Gasteiger partial charge >= 0.3 is 0 Å². The van der Waals surface area contributed by atoms with E-state index < -0.39 is 0 Å². The van der Waals surface area contributed by atoms with Crippen molar-refractivity contribution < 1.29 is 9.59 Å². The largest absolute Gasteiger partial charge is 0.352 e. The van der Waals surface area contributed by atoms with Crippen molar-refractivity contribution in [3.05, 3.63) is 32.9 Å². The molecule has 2 N–H and O–H groups in total. The Labute approximate surface area is 196 Å². The molecule has 0 bridgehead atoms. The van der Waals surface area contributed by atoms with Crippen LogP contribution in [-0.2, 0) is 18.3 Å². The Kier molecular flexibility index (Phi) is 5.42. The molecule has 4 unspecified atom stereocenters. The molecule has 8 nitrogen and oxygen atoms in total. The molecule has 0 spiro atoms. The normalized spacial score (nSPS) is 27.3. The Morgan fingerprint density at radius 2 is 2.06 bits per heavy atom. The van der Waals surface area contributed by atoms with Crippen molar-refractivity contribution in [2.75, 3.05) is 19.6 Å². The zero-order chi connectivity index (χ0) is 22.7. The van der Waals surface area contributed by atoms with Gasteiger partial charge < -0.3 is 15.5 Å². The second-order valence-electron chi connectivity index (χ2n) is 9.06. The maximum atomic E-state index is 13.6. The van der Waals surface area contributed by atoms with Gasteiger partial charge in [0.25, 0.3) is 5.91 Å². The van der Waals surface area contributed by atoms with Crippen LogP contribution in [0.2, 0.25) is 10.0 Å². The third kappa shape index (κ3) is 3.31. The number of nitrogens with zero attached hydrogens (tertiary/aromatic N) is 4. The zero-order valence-electron chi connectivity index (χ0n) is 18.3. The number of amides is 2. The molecule has 2 aromatic rings. The van der Waals surface area contributed by atoms with Crippen LogP contribution in [0.1, 0.15) is 35.0 Å². The van der Waals surface area contributed by atoms with E-state index in [0.29, 0.717) is 46.4 Å². The van der Waals surface area contributed by atoms with Crippen molar-refractivity contribution in [2.45, 2.75) is 38.8 Å². The van der Waals surface area contributed by atoms with E-state index in [4.69, 9.17) is 23.2 Å². The van der Waals surface area contributed by atoms with Gasteiger partial charge in [0.1, 0.15) is 0 Å². The third-order valence-corrected chi connectivity index (χ3v) is 7.93. The summed E-state index contributed by atoms with van der Waals surface area (Å²) in [7, 11) is 1.78. The zero-order valence-corrected chi connectivity index (χ0v) is 19.8. The monoisotopic (exact) mass is 476 g/mol. The molecule has 2 amide bonds. The van der Waals surface area contributed by atoms with Gasteiger partial charge in [0.2, 0.25) is 5.91 Å². The minimum atomic E-state index is -0.238. The lowest BCUT2D eigenvalue weighted by atomic mass is 9.78. The second-order valence-corrected chi connectivity index (χ2v) is 9.84. The number of aryl methyl sites for hydroxylation is 2. The van der Waals surface area contributed by atoms with Gasteiger partial charge in [0, 0.05) is 42.8 Å². The quantitative estimate of drug-likeness (QED) is 0.708. The molecule has 0 aliphatic carbocycles. The van der Waals surface area contributed by atoms with E-state index in [-0.39, 0.29) is 35.7 Å². The van der Waals surface area contributed by atoms with Crippen LogP contribution in [0.15, 0.2) is 6.07 Å². The van der Waals surface area contributed by atoms with E-state index in [1.165, 1.54) is 0 Å². The van der Waals surface area contributed by atoms with Crippen molar-refractivity contribution in [3.8, 4) is 11.3 Å². The highest BCUT2D eigenvalue weighted by Crippen LogP contribution is 2.41. The first-order chi connectivity index (χ1) is 15.3. The number of carbonyl (C=O) groups is 2. The molecule has 4 atom stereocenters. The van der Waals surface area contributed by atoms with E-state index in [2.05, 4.69) is 20.9 Å². The summed E-state index contributed by atoms with van der Waals surface area (Å²) in [5.41, 5.74) is 3.26. The highest BCUT2D eigenvalue weighted by Gasteiger charge is 2.46.